The van der Waals surface area contributed by atoms with Crippen molar-refractivity contribution >= 4 is 17.5 Å². The van der Waals surface area contributed by atoms with Crippen LogP contribution >= 0.6 is 0 Å². The third-order valence-electron chi connectivity index (χ3n) is 6.13. The summed E-state index contributed by atoms with van der Waals surface area (Å²) in [4.78, 5) is 43.7. The van der Waals surface area contributed by atoms with Crippen LogP contribution < -0.4 is 15.8 Å². The quantitative estimate of drug-likeness (QED) is 0.687. The lowest BCUT2D eigenvalue weighted by atomic mass is 10.1. The molecule has 4 rings (SSSR count). The van der Waals surface area contributed by atoms with E-state index in [0.717, 1.165) is 12.8 Å². The zero-order chi connectivity index (χ0) is 23.7. The van der Waals surface area contributed by atoms with Crippen LogP contribution in [0.4, 0.5) is 10.1 Å². The number of benzene rings is 1. The average molecular weight is 458 g/mol. The molecule has 2 aliphatic heterocycles. The van der Waals surface area contributed by atoms with Crippen LogP contribution in [0.15, 0.2) is 23.0 Å². The third kappa shape index (κ3) is 4.35. The van der Waals surface area contributed by atoms with Crippen molar-refractivity contribution in [1.82, 2.24) is 14.9 Å². The van der Waals surface area contributed by atoms with Crippen LogP contribution in [-0.2, 0) is 22.6 Å². The van der Waals surface area contributed by atoms with Gasteiger partial charge in [0.25, 0.3) is 11.5 Å². The maximum Gasteiger partial charge on any atom is 0.296 e. The summed E-state index contributed by atoms with van der Waals surface area (Å²) < 4.78 is 20.9. The molecule has 1 aromatic carbocycles. The molecule has 2 unspecified atom stereocenters. The Morgan fingerprint density at radius 3 is 2.91 bits per heavy atom. The monoisotopic (exact) mass is 458 g/mol. The molecule has 0 saturated carbocycles. The van der Waals surface area contributed by atoms with Crippen LogP contribution in [0.2, 0.25) is 0 Å². The molecule has 0 aliphatic carbocycles. The van der Waals surface area contributed by atoms with Gasteiger partial charge in [-0.15, -0.1) is 0 Å². The van der Waals surface area contributed by atoms with E-state index in [0.29, 0.717) is 30.7 Å². The number of rotatable bonds is 6. The zero-order valence-electron chi connectivity index (χ0n) is 18.6. The Morgan fingerprint density at radius 1 is 1.36 bits per heavy atom. The number of fused-ring (bicyclic) bond motifs is 1. The molecule has 9 nitrogen and oxygen atoms in total. The van der Waals surface area contributed by atoms with Gasteiger partial charge in [-0.3, -0.25) is 19.0 Å². The first-order valence-corrected chi connectivity index (χ1v) is 11.2. The molecule has 0 bridgehead atoms. The van der Waals surface area contributed by atoms with Crippen molar-refractivity contribution < 1.29 is 23.8 Å². The van der Waals surface area contributed by atoms with Gasteiger partial charge < -0.3 is 20.1 Å². The first-order valence-electron chi connectivity index (χ1n) is 11.2. The van der Waals surface area contributed by atoms with Crippen LogP contribution in [0.5, 0.6) is 5.75 Å². The first-order chi connectivity index (χ1) is 15.8. The van der Waals surface area contributed by atoms with Crippen LogP contribution in [-0.4, -0.2) is 39.1 Å². The largest absolute Gasteiger partial charge is 0.501 e. The molecule has 1 saturated heterocycles. The maximum absolute atomic E-state index is 14.1. The van der Waals surface area contributed by atoms with Gasteiger partial charge in [0.15, 0.2) is 5.69 Å². The van der Waals surface area contributed by atoms with Crippen molar-refractivity contribution in [1.29, 1.82) is 0 Å². The fraction of sp³-hybridized carbons (Fsp3) is 0.478. The minimum absolute atomic E-state index is 0.0216. The Bertz CT molecular complexity index is 1150. The number of carbonyl (C=O) groups is 2. The van der Waals surface area contributed by atoms with Crippen molar-refractivity contribution in [2.45, 2.75) is 64.8 Å². The lowest BCUT2D eigenvalue weighted by Gasteiger charge is -2.27. The predicted octanol–water partition coefficient (Wildman–Crippen LogP) is 2.40. The number of nitrogens with zero attached hydrogens (tertiary/aromatic N) is 3. The maximum atomic E-state index is 14.1. The lowest BCUT2D eigenvalue weighted by Crippen LogP contribution is -2.36. The summed E-state index contributed by atoms with van der Waals surface area (Å²) in [6, 6.07) is 4.06. The van der Waals surface area contributed by atoms with E-state index in [4.69, 9.17) is 4.74 Å². The van der Waals surface area contributed by atoms with Crippen LogP contribution in [0.3, 0.4) is 0 Å². The zero-order valence-corrected chi connectivity index (χ0v) is 18.6. The van der Waals surface area contributed by atoms with Gasteiger partial charge in [-0.25, -0.2) is 9.37 Å². The summed E-state index contributed by atoms with van der Waals surface area (Å²) in [5, 5.41) is 12.9. The number of amides is 2. The molecule has 2 atom stereocenters. The SMILES string of the molecule is CCCC1CCC(=O)N1c1cc(F)ccc1CNC(=O)c1nc2n(c(=O)c1O)CCOC2C. The van der Waals surface area contributed by atoms with Gasteiger partial charge in [-0.2, -0.15) is 0 Å². The predicted molar refractivity (Wildman–Crippen MR) is 118 cm³/mol. The van der Waals surface area contributed by atoms with Crippen molar-refractivity contribution in [3.63, 3.8) is 0 Å². The minimum atomic E-state index is -0.751. The molecule has 2 aromatic rings. The summed E-state index contributed by atoms with van der Waals surface area (Å²) in [7, 11) is 0. The number of carbonyl (C=O) groups excluding carboxylic acids is 2. The highest BCUT2D eigenvalue weighted by atomic mass is 19.1. The summed E-state index contributed by atoms with van der Waals surface area (Å²) in [6.45, 7) is 4.24. The van der Waals surface area contributed by atoms with Gasteiger partial charge in [0.1, 0.15) is 17.7 Å². The topological polar surface area (TPSA) is 114 Å². The standard InChI is InChI=1S/C23H27FN4O5/c1-3-4-16-7-8-18(29)28(16)17-11-15(24)6-5-14(17)12-25-22(31)19-20(30)23(32)27-9-10-33-13(2)21(27)26-19/h5-6,11,13,16,30H,3-4,7-10,12H2,1-2H3,(H,25,31). The van der Waals surface area contributed by atoms with E-state index in [2.05, 4.69) is 10.3 Å². The third-order valence-corrected chi connectivity index (χ3v) is 6.13. The van der Waals surface area contributed by atoms with Crippen LogP contribution in [0.25, 0.3) is 0 Å². The summed E-state index contributed by atoms with van der Waals surface area (Å²) >= 11 is 0. The van der Waals surface area contributed by atoms with Crippen molar-refractivity contribution in [2.75, 3.05) is 11.5 Å². The van der Waals surface area contributed by atoms with E-state index < -0.39 is 34.8 Å². The van der Waals surface area contributed by atoms with Gasteiger partial charge in [0.2, 0.25) is 11.7 Å². The number of aromatic hydroxyl groups is 1. The number of ether oxygens (including phenoxy) is 1. The van der Waals surface area contributed by atoms with E-state index in [1.165, 1.54) is 22.8 Å². The first kappa shape index (κ1) is 22.9. The number of nitrogens with one attached hydrogen (secondary N) is 1. The molecule has 1 aromatic heterocycles. The molecule has 1 fully saturated rings. The highest BCUT2D eigenvalue weighted by Gasteiger charge is 2.33. The van der Waals surface area contributed by atoms with Crippen molar-refractivity contribution in [3.8, 4) is 5.75 Å². The smallest absolute Gasteiger partial charge is 0.296 e. The number of hydrogen-bond donors (Lipinski definition) is 2. The molecule has 176 valence electrons. The van der Waals surface area contributed by atoms with Gasteiger partial charge in [0.05, 0.1) is 18.8 Å². The fourth-order valence-electron chi connectivity index (χ4n) is 4.49. The summed E-state index contributed by atoms with van der Waals surface area (Å²) in [5.41, 5.74) is -0.130. The van der Waals surface area contributed by atoms with E-state index in [-0.39, 0.29) is 30.9 Å². The Labute approximate surface area is 190 Å². The van der Waals surface area contributed by atoms with E-state index >= 15 is 0 Å². The van der Waals surface area contributed by atoms with Crippen LogP contribution in [0, 0.1) is 5.82 Å². The molecule has 2 aliphatic rings. The highest BCUT2D eigenvalue weighted by Crippen LogP contribution is 2.32. The van der Waals surface area contributed by atoms with Gasteiger partial charge >= 0.3 is 0 Å². The molecule has 2 N–H and O–H groups in total. The van der Waals surface area contributed by atoms with Gasteiger partial charge in [-0.05, 0) is 37.5 Å². The Hall–Kier alpha value is -3.27. The second kappa shape index (κ2) is 9.30. The Kier molecular flexibility index (Phi) is 6.46. The fourth-order valence-corrected chi connectivity index (χ4v) is 4.49. The molecule has 3 heterocycles. The van der Waals surface area contributed by atoms with Crippen molar-refractivity contribution in [2.24, 2.45) is 0 Å². The lowest BCUT2D eigenvalue weighted by molar-refractivity contribution is -0.117. The molecular weight excluding hydrogens is 431 g/mol. The summed E-state index contributed by atoms with van der Waals surface area (Å²) in [6.07, 6.45) is 2.27. The van der Waals surface area contributed by atoms with Crippen LogP contribution in [0.1, 0.15) is 67.5 Å². The number of halogens is 1. The minimum Gasteiger partial charge on any atom is -0.501 e. The molecule has 0 radical (unpaired) electrons. The summed E-state index contributed by atoms with van der Waals surface area (Å²) in [5.74, 6) is -1.78. The van der Waals surface area contributed by atoms with Crippen molar-refractivity contribution in [3.05, 3.63) is 51.5 Å². The second-order valence-corrected chi connectivity index (χ2v) is 8.34. The molecule has 0 spiro atoms. The van der Waals surface area contributed by atoms with E-state index in [9.17, 15) is 23.9 Å². The number of aromatic nitrogens is 2. The molecular formula is C23H27FN4O5. The van der Waals surface area contributed by atoms with E-state index in [1.54, 1.807) is 11.8 Å². The molecule has 33 heavy (non-hydrogen) atoms. The second-order valence-electron chi connectivity index (χ2n) is 8.34. The van der Waals surface area contributed by atoms with Gasteiger partial charge in [-0.1, -0.05) is 19.4 Å². The Balaban J connectivity index is 1.60. The molecule has 2 amide bonds. The van der Waals surface area contributed by atoms with Gasteiger partial charge in [0, 0.05) is 19.0 Å². The average Bonchev–Trinajstić information content (AvgIpc) is 3.15. The normalized spacial score (nSPS) is 20.1. The highest BCUT2D eigenvalue weighted by molar-refractivity contribution is 5.97. The number of anilines is 1. The number of hydrogen-bond acceptors (Lipinski definition) is 6. The van der Waals surface area contributed by atoms with E-state index in [1.807, 2.05) is 6.92 Å². The Morgan fingerprint density at radius 2 is 2.15 bits per heavy atom. The molecule has 10 heteroatoms.